The minimum absolute atomic E-state index is 0.0138. The van der Waals surface area contributed by atoms with Crippen molar-refractivity contribution in [2.45, 2.75) is 89.0 Å². The molecule has 5 rings (SSSR count). The van der Waals surface area contributed by atoms with Crippen LogP contribution in [-0.4, -0.2) is 98.7 Å². The smallest absolute Gasteiger partial charge is 0.305 e. The number of nitrogens with zero attached hydrogens (tertiary/aromatic N) is 2. The lowest BCUT2D eigenvalue weighted by molar-refractivity contribution is -0.149. The first-order chi connectivity index (χ1) is 21.0. The van der Waals surface area contributed by atoms with Crippen LogP contribution in [0.4, 0.5) is 0 Å². The maximum atomic E-state index is 13.8. The Hall–Kier alpha value is -4.42. The van der Waals surface area contributed by atoms with Gasteiger partial charge in [-0.1, -0.05) is 32.0 Å². The highest BCUT2D eigenvalue weighted by Crippen LogP contribution is 2.27. The van der Waals surface area contributed by atoms with Crippen LogP contribution >= 0.6 is 0 Å². The lowest BCUT2D eigenvalue weighted by Gasteiger charge is -2.33. The molecule has 44 heavy (non-hydrogen) atoms. The van der Waals surface area contributed by atoms with Gasteiger partial charge in [0.15, 0.2) is 0 Å². The molecule has 5 atom stereocenters. The number of hydrogen-bond acceptors (Lipinski definition) is 6. The number of benzene rings is 1. The van der Waals surface area contributed by atoms with Crippen LogP contribution in [-0.2, 0) is 35.2 Å². The molecule has 0 aliphatic carbocycles. The van der Waals surface area contributed by atoms with Crippen molar-refractivity contribution < 1.29 is 33.9 Å². The van der Waals surface area contributed by atoms with E-state index in [2.05, 4.69) is 20.9 Å². The molecule has 3 aliphatic rings. The van der Waals surface area contributed by atoms with Crippen LogP contribution in [0.3, 0.4) is 0 Å². The summed E-state index contributed by atoms with van der Waals surface area (Å²) in [7, 11) is 0. The van der Waals surface area contributed by atoms with Crippen LogP contribution in [0.2, 0.25) is 0 Å². The lowest BCUT2D eigenvalue weighted by atomic mass is 10.00. The molecule has 0 saturated carbocycles. The molecule has 3 fully saturated rings. The standard InChI is InChI=1S/C31H40N6O7/c1-17(2)13-21-27(40)33-22(14-18-16-32-20-8-4-3-7-19(18)20)28(41)35-23(15-26(38)39)30(43)37-12-6-10-25(37)31(44)36-11-5-9-24(36)29(42)34-21/h3-4,7-8,16-17,21-25,32H,5-6,9-15H2,1-2H3,(H,33,40)(H,34,42)(H,35,41)(H,38,39)/t21-,22+,23+,24+,25-/m0/s1. The van der Waals surface area contributed by atoms with Crippen molar-refractivity contribution in [3.8, 4) is 0 Å². The van der Waals surface area contributed by atoms with E-state index in [9.17, 15) is 33.9 Å². The number of carboxylic acid groups (broad SMARTS) is 1. The SMILES string of the molecule is CC(C)C[C@@H]1NC(=O)[C@H]2CCCN2C(=O)[C@@H]2CCCN2C(=O)[C@@H](CC(=O)O)NC(=O)[C@@H](Cc2c[nH]c3ccccc23)NC1=O. The van der Waals surface area contributed by atoms with Gasteiger partial charge in [0, 0.05) is 36.6 Å². The van der Waals surface area contributed by atoms with Gasteiger partial charge in [-0.15, -0.1) is 0 Å². The fraction of sp³-hybridized carbons (Fsp3) is 0.548. The molecule has 4 heterocycles. The normalized spacial score (nSPS) is 27.0. The van der Waals surface area contributed by atoms with Gasteiger partial charge >= 0.3 is 5.97 Å². The zero-order valence-corrected chi connectivity index (χ0v) is 25.0. The first-order valence-corrected chi connectivity index (χ1v) is 15.3. The molecule has 0 bridgehead atoms. The summed E-state index contributed by atoms with van der Waals surface area (Å²) in [6, 6.07) is 2.17. The van der Waals surface area contributed by atoms with Crippen LogP contribution in [0.15, 0.2) is 30.5 Å². The zero-order chi connectivity index (χ0) is 31.5. The Labute approximate surface area is 255 Å². The van der Waals surface area contributed by atoms with Gasteiger partial charge < -0.3 is 35.8 Å². The van der Waals surface area contributed by atoms with Crippen molar-refractivity contribution in [2.75, 3.05) is 13.1 Å². The van der Waals surface area contributed by atoms with Crippen molar-refractivity contribution in [1.82, 2.24) is 30.7 Å². The fourth-order valence-electron chi connectivity index (χ4n) is 6.60. The number of carboxylic acids is 1. The first-order valence-electron chi connectivity index (χ1n) is 15.3. The van der Waals surface area contributed by atoms with Gasteiger partial charge in [0.2, 0.25) is 29.5 Å². The van der Waals surface area contributed by atoms with E-state index in [1.165, 1.54) is 9.80 Å². The van der Waals surface area contributed by atoms with Crippen molar-refractivity contribution in [3.63, 3.8) is 0 Å². The monoisotopic (exact) mass is 608 g/mol. The van der Waals surface area contributed by atoms with E-state index in [-0.39, 0.29) is 31.2 Å². The molecule has 0 unspecified atom stereocenters. The molecule has 13 nitrogen and oxygen atoms in total. The Morgan fingerprint density at radius 2 is 1.45 bits per heavy atom. The Balaban J connectivity index is 1.54. The Morgan fingerprint density at radius 1 is 0.841 bits per heavy atom. The number of H-pyrrole nitrogens is 1. The predicted molar refractivity (Wildman–Crippen MR) is 159 cm³/mol. The highest BCUT2D eigenvalue weighted by atomic mass is 16.4. The third-order valence-electron chi connectivity index (χ3n) is 8.72. The summed E-state index contributed by atoms with van der Waals surface area (Å²) in [5, 5.41) is 18.7. The molecule has 2 aromatic rings. The Kier molecular flexibility index (Phi) is 9.21. The van der Waals surface area contributed by atoms with E-state index in [4.69, 9.17) is 0 Å². The van der Waals surface area contributed by atoms with Crippen molar-refractivity contribution in [1.29, 1.82) is 0 Å². The van der Waals surface area contributed by atoms with Gasteiger partial charge in [0.05, 0.1) is 6.42 Å². The molecular formula is C31H40N6O7. The maximum Gasteiger partial charge on any atom is 0.305 e. The number of fused-ring (bicyclic) bond motifs is 3. The second-order valence-corrected chi connectivity index (χ2v) is 12.4. The van der Waals surface area contributed by atoms with E-state index in [1.54, 1.807) is 6.20 Å². The summed E-state index contributed by atoms with van der Waals surface area (Å²) in [6.45, 7) is 4.37. The summed E-state index contributed by atoms with van der Waals surface area (Å²) in [5.74, 6) is -4.13. The number of rotatable bonds is 6. The van der Waals surface area contributed by atoms with Gasteiger partial charge in [0.25, 0.3) is 0 Å². The molecule has 3 aliphatic heterocycles. The molecule has 3 saturated heterocycles. The van der Waals surface area contributed by atoms with E-state index >= 15 is 0 Å². The number of hydrogen-bond donors (Lipinski definition) is 5. The highest BCUT2D eigenvalue weighted by molar-refractivity contribution is 5.99. The first kappa shape index (κ1) is 31.0. The zero-order valence-electron chi connectivity index (χ0n) is 25.0. The molecule has 5 N–H and O–H groups in total. The van der Waals surface area contributed by atoms with E-state index in [0.717, 1.165) is 16.5 Å². The van der Waals surface area contributed by atoms with E-state index < -0.39 is 66.2 Å². The quantitative estimate of drug-likeness (QED) is 0.320. The van der Waals surface area contributed by atoms with Crippen molar-refractivity contribution >= 4 is 46.4 Å². The van der Waals surface area contributed by atoms with Crippen LogP contribution in [0.1, 0.15) is 57.9 Å². The number of carbonyl (C=O) groups excluding carboxylic acids is 5. The molecular weight excluding hydrogens is 568 g/mol. The van der Waals surface area contributed by atoms with Gasteiger partial charge in [-0.05, 0) is 49.7 Å². The number of nitrogens with one attached hydrogen (secondary N) is 4. The van der Waals surface area contributed by atoms with E-state index in [1.807, 2.05) is 38.1 Å². The minimum Gasteiger partial charge on any atom is -0.481 e. The largest absolute Gasteiger partial charge is 0.481 e. The third-order valence-corrected chi connectivity index (χ3v) is 8.72. The second kappa shape index (κ2) is 13.1. The second-order valence-electron chi connectivity index (χ2n) is 12.4. The molecule has 236 valence electrons. The molecule has 5 amide bonds. The third kappa shape index (κ3) is 6.56. The average molecular weight is 609 g/mol. The maximum absolute atomic E-state index is 13.8. The Bertz CT molecular complexity index is 1450. The Morgan fingerprint density at radius 3 is 2.16 bits per heavy atom. The van der Waals surface area contributed by atoms with Gasteiger partial charge in [-0.3, -0.25) is 28.8 Å². The lowest BCUT2D eigenvalue weighted by Crippen LogP contribution is -2.58. The number of aromatic nitrogens is 1. The molecule has 13 heteroatoms. The van der Waals surface area contributed by atoms with Gasteiger partial charge in [-0.2, -0.15) is 0 Å². The van der Waals surface area contributed by atoms with Crippen LogP contribution in [0.25, 0.3) is 10.9 Å². The van der Waals surface area contributed by atoms with Crippen LogP contribution < -0.4 is 16.0 Å². The van der Waals surface area contributed by atoms with Gasteiger partial charge in [0.1, 0.15) is 30.2 Å². The van der Waals surface area contributed by atoms with Crippen LogP contribution in [0.5, 0.6) is 0 Å². The summed E-state index contributed by atoms with van der Waals surface area (Å²) in [5.41, 5.74) is 1.57. The number of para-hydroxylation sites is 1. The summed E-state index contributed by atoms with van der Waals surface area (Å²) >= 11 is 0. The topological polar surface area (TPSA) is 181 Å². The number of amides is 5. The molecule has 0 spiro atoms. The molecule has 1 aromatic heterocycles. The predicted octanol–water partition coefficient (Wildman–Crippen LogP) is 0.681. The van der Waals surface area contributed by atoms with E-state index in [0.29, 0.717) is 32.2 Å². The summed E-state index contributed by atoms with van der Waals surface area (Å²) in [4.78, 5) is 86.5. The van der Waals surface area contributed by atoms with Gasteiger partial charge in [-0.25, -0.2) is 0 Å². The van der Waals surface area contributed by atoms with Crippen molar-refractivity contribution in [2.24, 2.45) is 5.92 Å². The summed E-state index contributed by atoms with van der Waals surface area (Å²) in [6.07, 6.45) is 3.27. The molecule has 0 radical (unpaired) electrons. The number of carbonyl (C=O) groups is 6. The highest BCUT2D eigenvalue weighted by Gasteiger charge is 2.45. The number of aromatic amines is 1. The fourth-order valence-corrected chi connectivity index (χ4v) is 6.60. The summed E-state index contributed by atoms with van der Waals surface area (Å²) < 4.78 is 0. The molecule has 1 aromatic carbocycles. The van der Waals surface area contributed by atoms with Crippen molar-refractivity contribution in [3.05, 3.63) is 36.0 Å². The minimum atomic E-state index is -1.46. The average Bonchev–Trinajstić information content (AvgIpc) is 3.74. The number of aliphatic carboxylic acids is 1. The van der Waals surface area contributed by atoms with Crippen LogP contribution in [0, 0.1) is 5.92 Å².